The minimum atomic E-state index is -0.744. The van der Waals surface area contributed by atoms with Crippen molar-refractivity contribution in [3.63, 3.8) is 0 Å². The molecule has 0 rings (SSSR count). The zero-order chi connectivity index (χ0) is 21.6. The average Bonchev–Trinajstić information content (AvgIpc) is 2.72. The third-order valence-corrected chi connectivity index (χ3v) is 5.20. The number of unbranched alkanes of at least 4 members (excludes halogenated alkanes) is 12. The standard InChI is InChI=1S/C25H46O4/c1-4-6-8-9-10-11-12-13-14-15-16-17-18-20-21-23(25(27)28-3)29-24(26)22-19-7-5-2/h13-14,23H,4-12,15-22H2,1-3H3/b14-13-/t23-/m1/s1. The van der Waals surface area contributed by atoms with E-state index in [-0.39, 0.29) is 5.97 Å². The third-order valence-electron chi connectivity index (χ3n) is 5.20. The van der Waals surface area contributed by atoms with Crippen molar-refractivity contribution in [2.45, 2.75) is 129 Å². The normalized spacial score (nSPS) is 12.2. The van der Waals surface area contributed by atoms with Gasteiger partial charge in [0.15, 0.2) is 6.10 Å². The number of hydrogen-bond acceptors (Lipinski definition) is 4. The van der Waals surface area contributed by atoms with E-state index in [4.69, 9.17) is 9.47 Å². The summed E-state index contributed by atoms with van der Waals surface area (Å²) >= 11 is 0. The highest BCUT2D eigenvalue weighted by Crippen LogP contribution is 2.13. The van der Waals surface area contributed by atoms with Gasteiger partial charge in [0.2, 0.25) is 0 Å². The number of methoxy groups -OCH3 is 1. The van der Waals surface area contributed by atoms with Crippen molar-refractivity contribution in [1.82, 2.24) is 0 Å². The Kier molecular flexibility index (Phi) is 20.4. The van der Waals surface area contributed by atoms with Crippen LogP contribution in [0, 0.1) is 0 Å². The summed E-state index contributed by atoms with van der Waals surface area (Å²) in [7, 11) is 1.35. The first kappa shape index (κ1) is 27.7. The SMILES string of the molecule is CCCCCCCC/C=C\CCCCCC[C@@H](OC(=O)CCCCC)C(=O)OC. The lowest BCUT2D eigenvalue weighted by Gasteiger charge is -2.15. The van der Waals surface area contributed by atoms with Crippen LogP contribution >= 0.6 is 0 Å². The van der Waals surface area contributed by atoms with Gasteiger partial charge in [0.05, 0.1) is 7.11 Å². The Morgan fingerprint density at radius 3 is 1.83 bits per heavy atom. The summed E-state index contributed by atoms with van der Waals surface area (Å²) in [5.74, 6) is -0.726. The molecule has 0 unspecified atom stereocenters. The second-order valence-electron chi connectivity index (χ2n) is 7.98. The van der Waals surface area contributed by atoms with E-state index in [1.165, 1.54) is 58.5 Å². The van der Waals surface area contributed by atoms with Crippen molar-refractivity contribution in [2.24, 2.45) is 0 Å². The predicted octanol–water partition coefficient (Wildman–Crippen LogP) is 7.30. The van der Waals surface area contributed by atoms with E-state index < -0.39 is 12.1 Å². The number of hydrogen-bond donors (Lipinski definition) is 0. The van der Waals surface area contributed by atoms with E-state index in [2.05, 4.69) is 26.0 Å². The van der Waals surface area contributed by atoms with Crippen LogP contribution in [-0.4, -0.2) is 25.2 Å². The number of carbonyl (C=O) groups is 2. The van der Waals surface area contributed by atoms with Crippen molar-refractivity contribution in [3.05, 3.63) is 12.2 Å². The fourth-order valence-corrected chi connectivity index (χ4v) is 3.32. The van der Waals surface area contributed by atoms with Crippen molar-refractivity contribution in [2.75, 3.05) is 7.11 Å². The molecule has 0 aliphatic carbocycles. The van der Waals surface area contributed by atoms with Gasteiger partial charge in [-0.15, -0.1) is 0 Å². The van der Waals surface area contributed by atoms with Gasteiger partial charge in [0.1, 0.15) is 0 Å². The van der Waals surface area contributed by atoms with E-state index in [0.717, 1.165) is 44.9 Å². The lowest BCUT2D eigenvalue weighted by Crippen LogP contribution is -2.28. The van der Waals surface area contributed by atoms with Gasteiger partial charge < -0.3 is 9.47 Å². The van der Waals surface area contributed by atoms with Gasteiger partial charge in [-0.1, -0.05) is 83.8 Å². The molecule has 0 aliphatic rings. The number of carbonyl (C=O) groups excluding carboxylic acids is 2. The molecule has 4 nitrogen and oxygen atoms in total. The van der Waals surface area contributed by atoms with Crippen LogP contribution in [-0.2, 0) is 19.1 Å². The molecule has 1 atom stereocenters. The zero-order valence-corrected chi connectivity index (χ0v) is 19.4. The van der Waals surface area contributed by atoms with Gasteiger partial charge in [-0.25, -0.2) is 4.79 Å². The van der Waals surface area contributed by atoms with Crippen LogP contribution < -0.4 is 0 Å². The predicted molar refractivity (Wildman–Crippen MR) is 121 cm³/mol. The van der Waals surface area contributed by atoms with Crippen LogP contribution in [0.5, 0.6) is 0 Å². The highest BCUT2D eigenvalue weighted by Gasteiger charge is 2.22. The minimum absolute atomic E-state index is 0.288. The van der Waals surface area contributed by atoms with E-state index in [9.17, 15) is 9.59 Å². The summed E-state index contributed by atoms with van der Waals surface area (Å²) in [6, 6.07) is 0. The summed E-state index contributed by atoms with van der Waals surface area (Å²) in [6.07, 6.45) is 22.4. The number of allylic oxidation sites excluding steroid dienone is 2. The molecular formula is C25H46O4. The van der Waals surface area contributed by atoms with E-state index in [1.807, 2.05) is 0 Å². The lowest BCUT2D eigenvalue weighted by atomic mass is 10.1. The summed E-state index contributed by atoms with van der Waals surface area (Å²) in [5.41, 5.74) is 0. The lowest BCUT2D eigenvalue weighted by molar-refractivity contribution is -0.166. The molecule has 4 heteroatoms. The zero-order valence-electron chi connectivity index (χ0n) is 19.4. The van der Waals surface area contributed by atoms with Gasteiger partial charge in [-0.05, 0) is 44.9 Å². The number of ether oxygens (including phenoxy) is 2. The largest absolute Gasteiger partial charge is 0.466 e. The Morgan fingerprint density at radius 1 is 0.724 bits per heavy atom. The Balaban J connectivity index is 3.73. The van der Waals surface area contributed by atoms with Crippen molar-refractivity contribution < 1.29 is 19.1 Å². The van der Waals surface area contributed by atoms with Crippen LogP contribution in [0.1, 0.15) is 123 Å². The molecule has 29 heavy (non-hydrogen) atoms. The first-order chi connectivity index (χ1) is 14.2. The van der Waals surface area contributed by atoms with Crippen LogP contribution in [0.25, 0.3) is 0 Å². The molecule has 0 fully saturated rings. The Morgan fingerprint density at radius 2 is 1.24 bits per heavy atom. The highest BCUT2D eigenvalue weighted by molar-refractivity contribution is 5.79. The van der Waals surface area contributed by atoms with Crippen molar-refractivity contribution in [1.29, 1.82) is 0 Å². The molecule has 0 N–H and O–H groups in total. The molecule has 0 saturated heterocycles. The molecule has 170 valence electrons. The summed E-state index contributed by atoms with van der Waals surface area (Å²) in [6.45, 7) is 4.35. The highest BCUT2D eigenvalue weighted by atomic mass is 16.6. The first-order valence-corrected chi connectivity index (χ1v) is 12.1. The molecule has 0 aliphatic heterocycles. The van der Waals surface area contributed by atoms with Crippen LogP contribution in [0.15, 0.2) is 12.2 Å². The topological polar surface area (TPSA) is 52.6 Å². The number of rotatable bonds is 20. The van der Waals surface area contributed by atoms with E-state index >= 15 is 0 Å². The fraction of sp³-hybridized carbons (Fsp3) is 0.840. The number of esters is 2. The maximum atomic E-state index is 11.9. The quantitative estimate of drug-likeness (QED) is 0.120. The molecule has 0 radical (unpaired) electrons. The monoisotopic (exact) mass is 410 g/mol. The summed E-state index contributed by atoms with van der Waals surface area (Å²) in [4.78, 5) is 23.7. The van der Waals surface area contributed by atoms with Crippen LogP contribution in [0.2, 0.25) is 0 Å². The molecule has 0 aromatic carbocycles. The third kappa shape index (κ3) is 18.4. The first-order valence-electron chi connectivity index (χ1n) is 12.1. The maximum absolute atomic E-state index is 11.9. The molecule has 0 heterocycles. The molecule has 0 spiro atoms. The fourth-order valence-electron chi connectivity index (χ4n) is 3.32. The molecule has 0 saturated carbocycles. The van der Waals surface area contributed by atoms with Gasteiger partial charge in [0.25, 0.3) is 0 Å². The summed E-state index contributed by atoms with van der Waals surface area (Å²) < 4.78 is 10.1. The van der Waals surface area contributed by atoms with Gasteiger partial charge >= 0.3 is 11.9 Å². The van der Waals surface area contributed by atoms with Crippen molar-refractivity contribution in [3.8, 4) is 0 Å². The summed E-state index contributed by atoms with van der Waals surface area (Å²) in [5, 5.41) is 0. The Labute approximate surface area is 179 Å². The van der Waals surface area contributed by atoms with Gasteiger partial charge in [0, 0.05) is 6.42 Å². The molecule has 0 bridgehead atoms. The Bertz CT molecular complexity index is 417. The Hall–Kier alpha value is -1.32. The molecule has 0 aromatic rings. The maximum Gasteiger partial charge on any atom is 0.347 e. The van der Waals surface area contributed by atoms with Gasteiger partial charge in [-0.2, -0.15) is 0 Å². The average molecular weight is 411 g/mol. The molecule has 0 aromatic heterocycles. The second kappa shape index (κ2) is 21.4. The molecule has 0 amide bonds. The van der Waals surface area contributed by atoms with Crippen molar-refractivity contribution >= 4 is 11.9 Å². The van der Waals surface area contributed by atoms with Gasteiger partial charge in [-0.3, -0.25) is 4.79 Å². The van der Waals surface area contributed by atoms with Crippen LogP contribution in [0.3, 0.4) is 0 Å². The van der Waals surface area contributed by atoms with E-state index in [1.54, 1.807) is 0 Å². The molecular weight excluding hydrogens is 364 g/mol. The minimum Gasteiger partial charge on any atom is -0.466 e. The smallest absolute Gasteiger partial charge is 0.347 e. The van der Waals surface area contributed by atoms with E-state index in [0.29, 0.717) is 12.8 Å². The second-order valence-corrected chi connectivity index (χ2v) is 7.98. The van der Waals surface area contributed by atoms with Crippen LogP contribution in [0.4, 0.5) is 0 Å².